The van der Waals surface area contributed by atoms with Crippen molar-refractivity contribution in [3.63, 3.8) is 0 Å². The number of hydrogen-bond acceptors (Lipinski definition) is 3. The highest BCUT2D eigenvalue weighted by atomic mass is 16.6. The minimum Gasteiger partial charge on any atom is -0.370 e. The van der Waals surface area contributed by atoms with Gasteiger partial charge in [0.1, 0.15) is 0 Å². The molecule has 2 fully saturated rings. The highest BCUT2D eigenvalue weighted by molar-refractivity contribution is 5.14. The van der Waals surface area contributed by atoms with Crippen molar-refractivity contribution in [3.05, 3.63) is 12.2 Å². The van der Waals surface area contributed by atoms with Gasteiger partial charge >= 0.3 is 0 Å². The van der Waals surface area contributed by atoms with E-state index in [-0.39, 0.29) is 18.1 Å². The highest BCUT2D eigenvalue weighted by Crippen LogP contribution is 2.39. The molecule has 2 heterocycles. The first kappa shape index (κ1) is 10.1. The summed E-state index contributed by atoms with van der Waals surface area (Å²) in [4.78, 5) is 0. The molecule has 0 bridgehead atoms. The Labute approximate surface area is 84.7 Å². The molecule has 14 heavy (non-hydrogen) atoms. The van der Waals surface area contributed by atoms with Crippen LogP contribution in [0.1, 0.15) is 26.2 Å². The van der Waals surface area contributed by atoms with Gasteiger partial charge in [0.2, 0.25) is 0 Å². The summed E-state index contributed by atoms with van der Waals surface area (Å²) in [6, 6.07) is 0. The molecule has 0 aliphatic carbocycles. The molecule has 2 aliphatic heterocycles. The van der Waals surface area contributed by atoms with Gasteiger partial charge in [0.15, 0.2) is 6.29 Å². The van der Waals surface area contributed by atoms with Crippen molar-refractivity contribution in [1.82, 2.24) is 0 Å². The van der Waals surface area contributed by atoms with Gasteiger partial charge in [-0.2, -0.15) is 0 Å². The first-order chi connectivity index (χ1) is 6.74. The summed E-state index contributed by atoms with van der Waals surface area (Å²) in [7, 11) is 0. The number of rotatable bonds is 3. The summed E-state index contributed by atoms with van der Waals surface area (Å²) < 4.78 is 11.1. The van der Waals surface area contributed by atoms with Crippen LogP contribution in [0.3, 0.4) is 0 Å². The monoisotopic (exact) mass is 198 g/mol. The normalized spacial score (nSPS) is 41.7. The van der Waals surface area contributed by atoms with Gasteiger partial charge in [0, 0.05) is 0 Å². The van der Waals surface area contributed by atoms with Gasteiger partial charge in [-0.05, 0) is 12.0 Å². The molecule has 1 unspecified atom stereocenters. The van der Waals surface area contributed by atoms with Crippen molar-refractivity contribution in [1.29, 1.82) is 0 Å². The van der Waals surface area contributed by atoms with Crippen molar-refractivity contribution >= 4 is 0 Å². The second kappa shape index (κ2) is 4.01. The maximum absolute atomic E-state index is 9.68. The third kappa shape index (κ3) is 1.60. The van der Waals surface area contributed by atoms with Gasteiger partial charge < -0.3 is 14.6 Å². The fourth-order valence-electron chi connectivity index (χ4n) is 2.32. The van der Waals surface area contributed by atoms with E-state index < -0.39 is 6.29 Å². The van der Waals surface area contributed by atoms with E-state index in [9.17, 15) is 5.11 Å². The van der Waals surface area contributed by atoms with E-state index in [1.165, 1.54) is 0 Å². The van der Waals surface area contributed by atoms with E-state index in [0.29, 0.717) is 6.61 Å². The van der Waals surface area contributed by atoms with Crippen LogP contribution in [0.4, 0.5) is 0 Å². The summed E-state index contributed by atoms with van der Waals surface area (Å²) in [6.45, 7) is 6.63. The molecule has 3 nitrogen and oxygen atoms in total. The predicted molar refractivity (Wildman–Crippen MR) is 52.8 cm³/mol. The molecule has 1 N–H and O–H groups in total. The molecule has 0 amide bonds. The van der Waals surface area contributed by atoms with Gasteiger partial charge in [0.25, 0.3) is 0 Å². The molecular weight excluding hydrogens is 180 g/mol. The Balaban J connectivity index is 1.99. The summed E-state index contributed by atoms with van der Waals surface area (Å²) >= 11 is 0. The Bertz CT molecular complexity index is 227. The molecule has 2 rings (SSSR count). The number of fused-ring (bicyclic) bond motifs is 1. The molecule has 2 aliphatic rings. The van der Waals surface area contributed by atoms with Crippen molar-refractivity contribution in [2.75, 3.05) is 6.61 Å². The van der Waals surface area contributed by atoms with Gasteiger partial charge in [-0.15, -0.1) is 0 Å². The third-order valence-corrected chi connectivity index (χ3v) is 3.12. The number of aliphatic hydroxyl groups is 1. The lowest BCUT2D eigenvalue weighted by Crippen LogP contribution is -2.24. The molecule has 0 aromatic heterocycles. The van der Waals surface area contributed by atoms with E-state index in [1.54, 1.807) is 0 Å². The molecule has 0 saturated carbocycles. The second-order valence-electron chi connectivity index (χ2n) is 4.17. The minimum atomic E-state index is -0.697. The van der Waals surface area contributed by atoms with Crippen LogP contribution in [0, 0.1) is 5.92 Å². The SMILES string of the molecule is C=C1CO[C@@H]2[C@H]1C(O)O[C@@H]2CCCC. The number of unbranched alkanes of at least 4 members (excludes halogenated alkanes) is 1. The van der Waals surface area contributed by atoms with Crippen molar-refractivity contribution in [3.8, 4) is 0 Å². The molecular formula is C11H18O3. The third-order valence-electron chi connectivity index (χ3n) is 3.12. The van der Waals surface area contributed by atoms with Crippen LogP contribution in [0.25, 0.3) is 0 Å². The maximum atomic E-state index is 9.68. The maximum Gasteiger partial charge on any atom is 0.164 e. The molecule has 0 radical (unpaired) electrons. The quantitative estimate of drug-likeness (QED) is 0.698. The second-order valence-corrected chi connectivity index (χ2v) is 4.17. The fourth-order valence-corrected chi connectivity index (χ4v) is 2.32. The lowest BCUT2D eigenvalue weighted by molar-refractivity contribution is -0.111. The molecule has 80 valence electrons. The molecule has 0 aromatic rings. The fraction of sp³-hybridized carbons (Fsp3) is 0.818. The van der Waals surface area contributed by atoms with Crippen LogP contribution in [0.15, 0.2) is 12.2 Å². The van der Waals surface area contributed by atoms with Crippen LogP contribution < -0.4 is 0 Å². The van der Waals surface area contributed by atoms with E-state index in [1.807, 2.05) is 0 Å². The summed E-state index contributed by atoms with van der Waals surface area (Å²) in [6.07, 6.45) is 2.65. The number of aliphatic hydroxyl groups excluding tert-OH is 1. The van der Waals surface area contributed by atoms with Gasteiger partial charge in [-0.3, -0.25) is 0 Å². The zero-order chi connectivity index (χ0) is 10.1. The van der Waals surface area contributed by atoms with Crippen molar-refractivity contribution in [2.24, 2.45) is 5.92 Å². The molecule has 4 atom stereocenters. The van der Waals surface area contributed by atoms with E-state index in [0.717, 1.165) is 24.8 Å². The van der Waals surface area contributed by atoms with Crippen LogP contribution in [0.2, 0.25) is 0 Å². The summed E-state index contributed by atoms with van der Waals surface area (Å²) in [5, 5.41) is 9.68. The first-order valence-electron chi connectivity index (χ1n) is 5.37. The van der Waals surface area contributed by atoms with Crippen LogP contribution in [-0.2, 0) is 9.47 Å². The van der Waals surface area contributed by atoms with E-state index >= 15 is 0 Å². The summed E-state index contributed by atoms with van der Waals surface area (Å²) in [5.41, 5.74) is 0.974. The molecule has 3 heteroatoms. The molecule has 0 aromatic carbocycles. The smallest absolute Gasteiger partial charge is 0.164 e. The predicted octanol–water partition coefficient (Wildman–Crippen LogP) is 1.46. The Hall–Kier alpha value is -0.380. The standard InChI is InChI=1S/C11H18O3/c1-3-4-5-8-10-9(11(12)14-8)7(2)6-13-10/h8-12H,2-6H2,1H3/t8-,9+,10+,11?/m1/s1. The van der Waals surface area contributed by atoms with Crippen LogP contribution >= 0.6 is 0 Å². The minimum absolute atomic E-state index is 0.0110. The Morgan fingerprint density at radius 3 is 3.07 bits per heavy atom. The zero-order valence-electron chi connectivity index (χ0n) is 8.61. The average molecular weight is 198 g/mol. The molecule has 2 saturated heterocycles. The molecule has 0 spiro atoms. The van der Waals surface area contributed by atoms with E-state index in [4.69, 9.17) is 9.47 Å². The van der Waals surface area contributed by atoms with Crippen LogP contribution in [-0.4, -0.2) is 30.2 Å². The largest absolute Gasteiger partial charge is 0.370 e. The van der Waals surface area contributed by atoms with Gasteiger partial charge in [-0.25, -0.2) is 0 Å². The Morgan fingerprint density at radius 1 is 1.57 bits per heavy atom. The zero-order valence-corrected chi connectivity index (χ0v) is 8.61. The van der Waals surface area contributed by atoms with Gasteiger partial charge in [-0.1, -0.05) is 26.3 Å². The van der Waals surface area contributed by atoms with Gasteiger partial charge in [0.05, 0.1) is 24.7 Å². The van der Waals surface area contributed by atoms with Crippen LogP contribution in [0.5, 0.6) is 0 Å². The highest BCUT2D eigenvalue weighted by Gasteiger charge is 2.48. The Kier molecular flexibility index (Phi) is 2.91. The first-order valence-corrected chi connectivity index (χ1v) is 5.37. The topological polar surface area (TPSA) is 38.7 Å². The number of hydrogen-bond donors (Lipinski definition) is 1. The lowest BCUT2D eigenvalue weighted by Gasteiger charge is -2.15. The number of ether oxygens (including phenoxy) is 2. The Morgan fingerprint density at radius 2 is 2.36 bits per heavy atom. The van der Waals surface area contributed by atoms with Crippen molar-refractivity contribution in [2.45, 2.75) is 44.7 Å². The van der Waals surface area contributed by atoms with Crippen molar-refractivity contribution < 1.29 is 14.6 Å². The van der Waals surface area contributed by atoms with E-state index in [2.05, 4.69) is 13.5 Å². The average Bonchev–Trinajstić information content (AvgIpc) is 2.67. The summed E-state index contributed by atoms with van der Waals surface area (Å²) in [5.74, 6) is 0.0110. The lowest BCUT2D eigenvalue weighted by atomic mass is 9.95.